The summed E-state index contributed by atoms with van der Waals surface area (Å²) in [6.45, 7) is 2.05. The van der Waals surface area contributed by atoms with Crippen LogP contribution in [0.15, 0.2) is 54.1 Å². The zero-order chi connectivity index (χ0) is 14.9. The first-order chi connectivity index (χ1) is 10.1. The zero-order valence-corrected chi connectivity index (χ0v) is 12.0. The number of esters is 1. The highest BCUT2D eigenvalue weighted by molar-refractivity contribution is 6.01. The van der Waals surface area contributed by atoms with E-state index in [2.05, 4.69) is 0 Å². The lowest BCUT2D eigenvalue weighted by molar-refractivity contribution is -0.110. The predicted octanol–water partition coefficient (Wildman–Crippen LogP) is 3.47. The Morgan fingerprint density at radius 1 is 1.29 bits per heavy atom. The van der Waals surface area contributed by atoms with Crippen molar-refractivity contribution in [2.24, 2.45) is 5.41 Å². The van der Waals surface area contributed by atoms with Crippen molar-refractivity contribution in [2.75, 3.05) is 0 Å². The van der Waals surface area contributed by atoms with Gasteiger partial charge in [0.1, 0.15) is 6.10 Å². The van der Waals surface area contributed by atoms with Crippen molar-refractivity contribution in [3.05, 3.63) is 59.7 Å². The minimum Gasteiger partial charge on any atom is -0.458 e. The monoisotopic (exact) mass is 282 g/mol. The van der Waals surface area contributed by atoms with Crippen LogP contribution in [0.4, 0.5) is 0 Å². The first kappa shape index (κ1) is 13.8. The maximum atomic E-state index is 12.3. The molecular formula is C18H18O3. The minimum atomic E-state index is -0.351. The molecule has 0 aliphatic heterocycles. The van der Waals surface area contributed by atoms with Gasteiger partial charge in [0.25, 0.3) is 0 Å². The first-order valence-corrected chi connectivity index (χ1v) is 7.30. The second kappa shape index (κ2) is 5.32. The van der Waals surface area contributed by atoms with E-state index in [1.807, 2.05) is 31.2 Å². The highest BCUT2D eigenvalue weighted by Crippen LogP contribution is 2.45. The molecule has 0 N–H and O–H groups in total. The third-order valence-electron chi connectivity index (χ3n) is 4.44. The van der Waals surface area contributed by atoms with Gasteiger partial charge in [-0.15, -0.1) is 0 Å². The summed E-state index contributed by atoms with van der Waals surface area (Å²) in [5, 5.41) is 0. The molecule has 2 aliphatic carbocycles. The number of hydrogen-bond donors (Lipinski definition) is 0. The number of allylic oxidation sites excluding steroid dienone is 2. The van der Waals surface area contributed by atoms with Gasteiger partial charge in [0.15, 0.2) is 5.78 Å². The Hall–Kier alpha value is -2.16. The van der Waals surface area contributed by atoms with Gasteiger partial charge < -0.3 is 4.74 Å². The molecule has 1 fully saturated rings. The summed E-state index contributed by atoms with van der Waals surface area (Å²) in [6.07, 6.45) is 7.62. The van der Waals surface area contributed by atoms with Crippen LogP contribution in [-0.2, 0) is 9.53 Å². The molecule has 0 saturated heterocycles. The van der Waals surface area contributed by atoms with Crippen molar-refractivity contribution in [1.82, 2.24) is 0 Å². The smallest absolute Gasteiger partial charge is 0.338 e. The summed E-state index contributed by atoms with van der Waals surface area (Å²) < 4.78 is 5.74. The fourth-order valence-corrected chi connectivity index (χ4v) is 3.12. The number of hydrogen-bond acceptors (Lipinski definition) is 3. The predicted molar refractivity (Wildman–Crippen MR) is 79.8 cm³/mol. The molecule has 1 saturated carbocycles. The maximum absolute atomic E-state index is 12.3. The normalized spacial score (nSPS) is 27.8. The van der Waals surface area contributed by atoms with Crippen LogP contribution in [0.5, 0.6) is 0 Å². The van der Waals surface area contributed by atoms with Gasteiger partial charge in [-0.2, -0.15) is 0 Å². The Morgan fingerprint density at radius 2 is 2.05 bits per heavy atom. The van der Waals surface area contributed by atoms with Gasteiger partial charge in [0, 0.05) is 5.41 Å². The Balaban J connectivity index is 1.82. The average molecular weight is 282 g/mol. The van der Waals surface area contributed by atoms with Crippen molar-refractivity contribution in [2.45, 2.75) is 32.3 Å². The quantitative estimate of drug-likeness (QED) is 0.780. The topological polar surface area (TPSA) is 43.4 Å². The van der Waals surface area contributed by atoms with E-state index in [0.29, 0.717) is 5.56 Å². The first-order valence-electron chi connectivity index (χ1n) is 7.30. The summed E-state index contributed by atoms with van der Waals surface area (Å²) >= 11 is 0. The van der Waals surface area contributed by atoms with Gasteiger partial charge in [0.2, 0.25) is 0 Å². The fourth-order valence-electron chi connectivity index (χ4n) is 3.12. The van der Waals surface area contributed by atoms with Crippen molar-refractivity contribution in [3.8, 4) is 0 Å². The van der Waals surface area contributed by atoms with Crippen LogP contribution in [0.2, 0.25) is 0 Å². The summed E-state index contributed by atoms with van der Waals surface area (Å²) in [4.78, 5) is 23.8. The molecule has 0 radical (unpaired) electrons. The molecular weight excluding hydrogens is 264 g/mol. The Labute approximate surface area is 124 Å². The Morgan fingerprint density at radius 3 is 2.81 bits per heavy atom. The van der Waals surface area contributed by atoms with E-state index in [9.17, 15) is 9.59 Å². The van der Waals surface area contributed by atoms with Crippen LogP contribution in [-0.4, -0.2) is 17.9 Å². The van der Waals surface area contributed by atoms with Crippen molar-refractivity contribution >= 4 is 11.8 Å². The molecule has 0 aromatic heterocycles. The lowest BCUT2D eigenvalue weighted by Gasteiger charge is -2.42. The molecule has 0 spiro atoms. The third kappa shape index (κ3) is 2.56. The number of benzene rings is 1. The number of ether oxygens (including phenoxy) is 1. The van der Waals surface area contributed by atoms with E-state index in [1.165, 1.54) is 0 Å². The molecule has 108 valence electrons. The SMILES string of the molecule is C[C@]12C=CC(=O)C=C1CCC[C@H]2OC(=O)c1ccccc1. The summed E-state index contributed by atoms with van der Waals surface area (Å²) in [6, 6.07) is 9.03. The average Bonchev–Trinajstić information content (AvgIpc) is 2.50. The molecule has 3 heteroatoms. The molecule has 1 aromatic carbocycles. The fraction of sp³-hybridized carbons (Fsp3) is 0.333. The molecule has 2 aliphatic rings. The van der Waals surface area contributed by atoms with E-state index in [-0.39, 0.29) is 23.3 Å². The second-order valence-corrected chi connectivity index (χ2v) is 5.84. The van der Waals surface area contributed by atoms with E-state index in [4.69, 9.17) is 4.74 Å². The number of carbonyl (C=O) groups is 2. The summed E-state index contributed by atoms with van der Waals surface area (Å²) in [5.74, 6) is -0.272. The molecule has 0 amide bonds. The molecule has 3 nitrogen and oxygen atoms in total. The third-order valence-corrected chi connectivity index (χ3v) is 4.44. The lowest BCUT2D eigenvalue weighted by Crippen LogP contribution is -2.40. The van der Waals surface area contributed by atoms with Crippen LogP contribution in [0, 0.1) is 5.41 Å². The van der Waals surface area contributed by atoms with E-state index < -0.39 is 0 Å². The molecule has 0 heterocycles. The zero-order valence-electron chi connectivity index (χ0n) is 12.0. The maximum Gasteiger partial charge on any atom is 0.338 e. The van der Waals surface area contributed by atoms with Crippen LogP contribution in [0.25, 0.3) is 0 Å². The number of carbonyl (C=O) groups excluding carboxylic acids is 2. The van der Waals surface area contributed by atoms with E-state index >= 15 is 0 Å². The highest BCUT2D eigenvalue weighted by Gasteiger charge is 2.42. The Kier molecular flexibility index (Phi) is 3.50. The molecule has 3 rings (SSSR count). The molecule has 2 atom stereocenters. The van der Waals surface area contributed by atoms with Crippen LogP contribution in [0.1, 0.15) is 36.5 Å². The van der Waals surface area contributed by atoms with Gasteiger partial charge in [-0.25, -0.2) is 4.79 Å². The van der Waals surface area contributed by atoms with Crippen LogP contribution in [0.3, 0.4) is 0 Å². The van der Waals surface area contributed by atoms with Crippen LogP contribution >= 0.6 is 0 Å². The van der Waals surface area contributed by atoms with E-state index in [0.717, 1.165) is 24.8 Å². The molecule has 0 bridgehead atoms. The standard InChI is InChI=1S/C18H18O3/c1-18-11-10-15(19)12-14(18)8-5-9-16(18)21-17(20)13-6-3-2-4-7-13/h2-4,6-7,10-12,16H,5,8-9H2,1H3/t16-,18+/m1/s1. The summed E-state index contributed by atoms with van der Waals surface area (Å²) in [7, 11) is 0. The Bertz CT molecular complexity index is 627. The van der Waals surface area contributed by atoms with Gasteiger partial charge in [0.05, 0.1) is 5.56 Å². The number of rotatable bonds is 2. The van der Waals surface area contributed by atoms with Crippen molar-refractivity contribution in [3.63, 3.8) is 0 Å². The molecule has 21 heavy (non-hydrogen) atoms. The van der Waals surface area contributed by atoms with Crippen molar-refractivity contribution < 1.29 is 14.3 Å². The largest absolute Gasteiger partial charge is 0.458 e. The summed E-state index contributed by atoms with van der Waals surface area (Å²) in [5.41, 5.74) is 1.29. The van der Waals surface area contributed by atoms with E-state index in [1.54, 1.807) is 24.3 Å². The van der Waals surface area contributed by atoms with Gasteiger partial charge in [-0.3, -0.25) is 4.79 Å². The van der Waals surface area contributed by atoms with Gasteiger partial charge in [-0.1, -0.05) is 29.8 Å². The lowest BCUT2D eigenvalue weighted by atomic mass is 9.67. The molecule has 0 unspecified atom stereocenters. The van der Waals surface area contributed by atoms with Gasteiger partial charge >= 0.3 is 5.97 Å². The van der Waals surface area contributed by atoms with Crippen molar-refractivity contribution in [1.29, 1.82) is 0 Å². The number of fused-ring (bicyclic) bond motifs is 1. The number of ketones is 1. The minimum absolute atomic E-state index is 0.0255. The van der Waals surface area contributed by atoms with Gasteiger partial charge in [-0.05, 0) is 50.5 Å². The highest BCUT2D eigenvalue weighted by atomic mass is 16.5. The van der Waals surface area contributed by atoms with Crippen LogP contribution < -0.4 is 0 Å². The second-order valence-electron chi connectivity index (χ2n) is 5.84. The molecule has 1 aromatic rings.